The van der Waals surface area contributed by atoms with E-state index in [4.69, 9.17) is 10.7 Å². The van der Waals surface area contributed by atoms with Gasteiger partial charge in [-0.2, -0.15) is 0 Å². The Hall–Kier alpha value is -4.53. The van der Waals surface area contributed by atoms with Crippen LogP contribution < -0.4 is 11.1 Å². The minimum Gasteiger partial charge on any atom is -0.382 e. The summed E-state index contributed by atoms with van der Waals surface area (Å²) in [7, 11) is 0. The highest BCUT2D eigenvalue weighted by Gasteiger charge is 2.22. The van der Waals surface area contributed by atoms with Gasteiger partial charge < -0.3 is 15.6 Å². The highest BCUT2D eigenvalue weighted by Crippen LogP contribution is 2.30. The highest BCUT2D eigenvalue weighted by molar-refractivity contribution is 6.12. The summed E-state index contributed by atoms with van der Waals surface area (Å²) in [5.74, 6) is 0.852. The Labute approximate surface area is 233 Å². The van der Waals surface area contributed by atoms with Crippen molar-refractivity contribution in [1.82, 2.24) is 19.4 Å². The minimum absolute atomic E-state index is 0.0559. The molecule has 0 radical (unpaired) electrons. The number of carbonyl (C=O) groups is 3. The van der Waals surface area contributed by atoms with E-state index in [0.29, 0.717) is 38.2 Å². The smallest absolute Gasteiger partial charge is 0.253 e. The molecule has 9 heteroatoms. The Bertz CT molecular complexity index is 1570. The molecule has 4 aromatic rings. The second kappa shape index (κ2) is 12.1. The number of imidazole rings is 1. The molecular formula is C31H34N6O3. The maximum Gasteiger partial charge on any atom is 0.253 e. The molecule has 5 rings (SSSR count). The predicted octanol–water partition coefficient (Wildman–Crippen LogP) is 4.98. The number of unbranched alkanes of at least 4 members (excludes halogenated alkanes) is 3. The Kier molecular flexibility index (Phi) is 8.19. The van der Waals surface area contributed by atoms with Gasteiger partial charge in [0, 0.05) is 49.2 Å². The van der Waals surface area contributed by atoms with Gasteiger partial charge in [0.05, 0.1) is 11.0 Å². The van der Waals surface area contributed by atoms with E-state index in [1.54, 1.807) is 0 Å². The topological polar surface area (TPSA) is 123 Å². The third-order valence-electron chi connectivity index (χ3n) is 7.21. The van der Waals surface area contributed by atoms with Gasteiger partial charge in [0.1, 0.15) is 11.3 Å². The number of nitrogens with two attached hydrogens (primary N) is 1. The van der Waals surface area contributed by atoms with E-state index in [-0.39, 0.29) is 17.7 Å². The first kappa shape index (κ1) is 27.1. The Morgan fingerprint density at radius 1 is 0.925 bits per heavy atom. The van der Waals surface area contributed by atoms with Crippen molar-refractivity contribution in [1.29, 1.82) is 0 Å². The van der Waals surface area contributed by atoms with Gasteiger partial charge in [0.15, 0.2) is 5.82 Å². The van der Waals surface area contributed by atoms with Crippen molar-refractivity contribution in [3.05, 3.63) is 72.1 Å². The number of nitrogens with zero attached hydrogens (tertiary/aromatic N) is 4. The number of hydrogen-bond donors (Lipinski definition) is 2. The minimum atomic E-state index is -0.265. The molecule has 3 N–H and O–H groups in total. The summed E-state index contributed by atoms with van der Waals surface area (Å²) in [5.41, 5.74) is 10.8. The zero-order chi connectivity index (χ0) is 28.1. The molecule has 206 valence electrons. The molecule has 1 aliphatic heterocycles. The summed E-state index contributed by atoms with van der Waals surface area (Å²) in [5, 5.41) is 3.99. The van der Waals surface area contributed by atoms with Crippen molar-refractivity contribution < 1.29 is 14.4 Å². The summed E-state index contributed by atoms with van der Waals surface area (Å²) in [4.78, 5) is 46.4. The summed E-state index contributed by atoms with van der Waals surface area (Å²) < 4.78 is 2.25. The van der Waals surface area contributed by atoms with Crippen molar-refractivity contribution in [2.24, 2.45) is 0 Å². The number of carbonyl (C=O) groups excluding carboxylic acids is 3. The molecule has 9 nitrogen and oxygen atoms in total. The fraction of sp³-hybridized carbons (Fsp3) is 0.323. The number of imide groups is 1. The van der Waals surface area contributed by atoms with Crippen molar-refractivity contribution >= 4 is 51.2 Å². The fourth-order valence-electron chi connectivity index (χ4n) is 5.08. The molecule has 3 amide bonds. The summed E-state index contributed by atoms with van der Waals surface area (Å²) in [6, 6.07) is 15.9. The van der Waals surface area contributed by atoms with Gasteiger partial charge >= 0.3 is 0 Å². The van der Waals surface area contributed by atoms with E-state index in [9.17, 15) is 14.4 Å². The summed E-state index contributed by atoms with van der Waals surface area (Å²) >= 11 is 0. The van der Waals surface area contributed by atoms with Crippen LogP contribution in [0.5, 0.6) is 0 Å². The summed E-state index contributed by atoms with van der Waals surface area (Å²) in [6.07, 6.45) is 8.05. The molecule has 1 aliphatic rings. The lowest BCUT2D eigenvalue weighted by molar-refractivity contribution is -0.136. The number of amides is 3. The molecule has 0 atom stereocenters. The predicted molar refractivity (Wildman–Crippen MR) is 157 cm³/mol. The van der Waals surface area contributed by atoms with E-state index < -0.39 is 0 Å². The molecule has 40 heavy (non-hydrogen) atoms. The molecule has 0 bridgehead atoms. The van der Waals surface area contributed by atoms with Crippen molar-refractivity contribution in [2.45, 2.75) is 58.4 Å². The Morgan fingerprint density at radius 2 is 1.68 bits per heavy atom. The van der Waals surface area contributed by atoms with Gasteiger partial charge in [0.2, 0.25) is 5.91 Å². The first-order valence-electron chi connectivity index (χ1n) is 13.9. The number of aryl methyl sites for hydroxylation is 1. The lowest BCUT2D eigenvalue weighted by Crippen LogP contribution is -2.30. The third-order valence-corrected chi connectivity index (χ3v) is 7.21. The van der Waals surface area contributed by atoms with Crippen LogP contribution in [-0.2, 0) is 27.3 Å². The number of pyridine rings is 1. The van der Waals surface area contributed by atoms with Crippen LogP contribution in [0.4, 0.5) is 11.5 Å². The van der Waals surface area contributed by atoms with E-state index >= 15 is 0 Å². The van der Waals surface area contributed by atoms with Crippen LogP contribution in [0.1, 0.15) is 56.8 Å². The van der Waals surface area contributed by atoms with Gasteiger partial charge in [-0.3, -0.25) is 19.3 Å². The van der Waals surface area contributed by atoms with Gasteiger partial charge in [0.25, 0.3) is 11.8 Å². The van der Waals surface area contributed by atoms with Crippen LogP contribution in [0, 0.1) is 0 Å². The normalized spacial score (nSPS) is 13.2. The Balaban J connectivity index is 1.22. The second-order valence-corrected chi connectivity index (χ2v) is 10.1. The van der Waals surface area contributed by atoms with Crippen LogP contribution in [0.25, 0.3) is 21.9 Å². The van der Waals surface area contributed by atoms with Crippen LogP contribution in [-0.4, -0.2) is 43.7 Å². The number of nitrogen functional groups attached to an aromatic ring is 1. The van der Waals surface area contributed by atoms with E-state index in [0.717, 1.165) is 64.7 Å². The fourth-order valence-corrected chi connectivity index (χ4v) is 5.08. The lowest BCUT2D eigenvalue weighted by Gasteiger charge is -2.13. The van der Waals surface area contributed by atoms with E-state index in [1.165, 1.54) is 17.1 Å². The monoisotopic (exact) mass is 538 g/mol. The van der Waals surface area contributed by atoms with Crippen LogP contribution in [0.2, 0.25) is 0 Å². The van der Waals surface area contributed by atoms with E-state index in [2.05, 4.69) is 27.9 Å². The molecule has 2 aromatic carbocycles. The average Bonchev–Trinajstić information content (AvgIpc) is 3.48. The summed E-state index contributed by atoms with van der Waals surface area (Å²) in [6.45, 7) is 3.19. The number of anilines is 2. The maximum absolute atomic E-state index is 12.5. The third kappa shape index (κ3) is 5.88. The zero-order valence-corrected chi connectivity index (χ0v) is 22.7. The number of para-hydroxylation sites is 1. The number of aromatic nitrogens is 3. The number of fused-ring (bicyclic) bond motifs is 3. The highest BCUT2D eigenvalue weighted by atomic mass is 16.2. The molecular weight excluding hydrogens is 504 g/mol. The number of nitrogens with one attached hydrogen (secondary N) is 1. The van der Waals surface area contributed by atoms with Gasteiger partial charge in [-0.1, -0.05) is 50.1 Å². The van der Waals surface area contributed by atoms with Crippen LogP contribution in [0.15, 0.2) is 60.7 Å². The molecule has 3 heterocycles. The standard InChI is InChI=1S/C31H34N6O3/c1-2-3-11-25-35-29-30(23-9-6-7-10-24(23)34-31(29)32)37(25)20-21-13-15-22(16-14-21)33-26(38)12-5-4-8-19-36-27(39)17-18-28(36)40/h6-7,9-10,13-18H,2-5,8,11-12,19-20H2,1H3,(H2,32,34)(H,33,38). The number of rotatable bonds is 12. The molecule has 0 saturated heterocycles. The molecule has 0 saturated carbocycles. The Morgan fingerprint density at radius 3 is 2.42 bits per heavy atom. The van der Waals surface area contributed by atoms with Crippen molar-refractivity contribution in [2.75, 3.05) is 17.6 Å². The van der Waals surface area contributed by atoms with Gasteiger partial charge in [-0.25, -0.2) is 9.97 Å². The number of hydrogen-bond acceptors (Lipinski definition) is 6. The molecule has 0 spiro atoms. The van der Waals surface area contributed by atoms with E-state index in [1.807, 2.05) is 42.5 Å². The quantitative estimate of drug-likeness (QED) is 0.194. The lowest BCUT2D eigenvalue weighted by atomic mass is 10.1. The van der Waals surface area contributed by atoms with Crippen molar-refractivity contribution in [3.8, 4) is 0 Å². The van der Waals surface area contributed by atoms with Crippen LogP contribution in [0.3, 0.4) is 0 Å². The van der Waals surface area contributed by atoms with Gasteiger partial charge in [-0.05, 0) is 43.0 Å². The average molecular weight is 539 g/mol. The second-order valence-electron chi connectivity index (χ2n) is 10.1. The molecule has 0 fully saturated rings. The largest absolute Gasteiger partial charge is 0.382 e. The zero-order valence-electron chi connectivity index (χ0n) is 22.7. The van der Waals surface area contributed by atoms with Crippen LogP contribution >= 0.6 is 0 Å². The van der Waals surface area contributed by atoms with Gasteiger partial charge in [-0.15, -0.1) is 0 Å². The van der Waals surface area contributed by atoms with Crippen molar-refractivity contribution in [3.63, 3.8) is 0 Å². The molecule has 0 aliphatic carbocycles. The first-order valence-corrected chi connectivity index (χ1v) is 13.9. The maximum atomic E-state index is 12.5. The molecule has 0 unspecified atom stereocenters. The number of benzene rings is 2. The SMILES string of the molecule is CCCCc1nc2c(N)nc3ccccc3c2n1Cc1ccc(NC(=O)CCCCCN2C(=O)C=CC2=O)cc1. The first-order chi connectivity index (χ1) is 19.4. The molecule has 2 aromatic heterocycles.